The van der Waals surface area contributed by atoms with Crippen molar-refractivity contribution in [1.82, 2.24) is 14.0 Å². The second-order valence-electron chi connectivity index (χ2n) is 5.38. The average molecular weight is 315 g/mol. The third-order valence-corrected chi connectivity index (χ3v) is 5.26. The number of hydrogen-bond donors (Lipinski definition) is 1. The minimum absolute atomic E-state index is 0.329. The van der Waals surface area contributed by atoms with Gasteiger partial charge in [-0.3, -0.25) is 4.99 Å². The van der Waals surface area contributed by atoms with Crippen LogP contribution in [-0.2, 0) is 10.2 Å². The molecule has 1 saturated heterocycles. The van der Waals surface area contributed by atoms with Gasteiger partial charge in [-0.25, -0.2) is 9.73 Å². The lowest BCUT2D eigenvalue weighted by Crippen LogP contribution is -2.49. The van der Waals surface area contributed by atoms with Crippen molar-refractivity contribution in [3.05, 3.63) is 0 Å². The topological polar surface area (TPSA) is 77.4 Å². The van der Waals surface area contributed by atoms with Crippen molar-refractivity contribution in [3.8, 4) is 0 Å². The first kappa shape index (κ1) is 16.2. The normalized spacial score (nSPS) is 24.6. The monoisotopic (exact) mass is 315 g/mol. The Morgan fingerprint density at radius 1 is 1.33 bits per heavy atom. The molecule has 7 nitrogen and oxygen atoms in total. The molecule has 1 N–H and O–H groups in total. The molecule has 8 heteroatoms. The minimum atomic E-state index is -3.53. The summed E-state index contributed by atoms with van der Waals surface area (Å²) in [7, 11) is -3.53. The van der Waals surface area contributed by atoms with Crippen LogP contribution in [0.4, 0.5) is 0 Å². The maximum atomic E-state index is 12.4. The van der Waals surface area contributed by atoms with Crippen molar-refractivity contribution in [1.29, 1.82) is 0 Å². The number of hydrogen-bond acceptors (Lipinski definition) is 4. The van der Waals surface area contributed by atoms with Gasteiger partial charge in [0.1, 0.15) is 0 Å². The van der Waals surface area contributed by atoms with Gasteiger partial charge in [0.2, 0.25) is 5.96 Å². The van der Waals surface area contributed by atoms with E-state index in [0.717, 1.165) is 25.7 Å². The molecular weight excluding hydrogens is 290 g/mol. The van der Waals surface area contributed by atoms with Crippen molar-refractivity contribution in [2.24, 2.45) is 16.0 Å². The number of nitrogens with zero attached hydrogens (tertiary/aromatic N) is 4. The van der Waals surface area contributed by atoms with Gasteiger partial charge in [0, 0.05) is 31.8 Å². The Hall–Kier alpha value is -1.15. The Labute approximate surface area is 127 Å². The smallest absolute Gasteiger partial charge is 0.251 e. The van der Waals surface area contributed by atoms with E-state index in [1.807, 2.05) is 13.1 Å². The van der Waals surface area contributed by atoms with E-state index in [-0.39, 0.29) is 0 Å². The first-order valence-corrected chi connectivity index (χ1v) is 9.14. The molecule has 21 heavy (non-hydrogen) atoms. The van der Waals surface area contributed by atoms with E-state index >= 15 is 0 Å². The third kappa shape index (κ3) is 4.16. The van der Waals surface area contributed by atoms with E-state index in [0.29, 0.717) is 38.1 Å². The molecule has 0 amide bonds. The van der Waals surface area contributed by atoms with E-state index in [1.54, 1.807) is 5.01 Å². The van der Waals surface area contributed by atoms with Crippen LogP contribution in [0.3, 0.4) is 0 Å². The maximum Gasteiger partial charge on any atom is 0.303 e. The second-order valence-corrected chi connectivity index (χ2v) is 7.05. The summed E-state index contributed by atoms with van der Waals surface area (Å²) in [5, 5.41) is 5.92. The highest BCUT2D eigenvalue weighted by Crippen LogP contribution is 2.14. The Balaban J connectivity index is 2.06. The first-order chi connectivity index (χ1) is 10.1. The molecule has 2 aliphatic heterocycles. The molecule has 2 aliphatic rings. The van der Waals surface area contributed by atoms with Gasteiger partial charge in [-0.05, 0) is 26.2 Å². The summed E-state index contributed by atoms with van der Waals surface area (Å²) < 4.78 is 29.0. The van der Waals surface area contributed by atoms with Crippen LogP contribution >= 0.6 is 0 Å². The van der Waals surface area contributed by atoms with Crippen molar-refractivity contribution < 1.29 is 8.42 Å². The number of hydrazone groups is 1. The standard InChI is InChI=1S/C13H25N5O2S/c1-3-12-10-15-18(11-12)13(14-4-2)16-21(19,20)17-8-6-5-7-9-17/h10,12H,3-9,11H2,1-2H3,(H,14,16). The number of aliphatic imine (C=N–C) groups is 1. The van der Waals surface area contributed by atoms with Crippen LogP contribution in [0.1, 0.15) is 39.5 Å². The van der Waals surface area contributed by atoms with Gasteiger partial charge >= 0.3 is 10.2 Å². The molecule has 2 rings (SSSR count). The molecule has 1 fully saturated rings. The maximum absolute atomic E-state index is 12.4. The molecule has 0 spiro atoms. The predicted octanol–water partition coefficient (Wildman–Crippen LogP) is 1.01. The summed E-state index contributed by atoms with van der Waals surface area (Å²) in [5.74, 6) is 0.682. The van der Waals surface area contributed by atoms with E-state index in [2.05, 4.69) is 21.7 Å². The fourth-order valence-corrected chi connectivity index (χ4v) is 3.74. The lowest BCUT2D eigenvalue weighted by molar-refractivity contribution is 0.342. The quantitative estimate of drug-likeness (QED) is 0.621. The molecule has 0 saturated carbocycles. The Morgan fingerprint density at radius 2 is 2.05 bits per heavy atom. The molecule has 0 aromatic carbocycles. The molecule has 0 aromatic rings. The summed E-state index contributed by atoms with van der Waals surface area (Å²) in [6.45, 7) is 6.32. The lowest BCUT2D eigenvalue weighted by atomic mass is 10.1. The highest BCUT2D eigenvalue weighted by atomic mass is 32.2. The summed E-state index contributed by atoms with van der Waals surface area (Å²) in [6.07, 6.45) is 5.77. The second kappa shape index (κ2) is 7.22. The van der Waals surface area contributed by atoms with Crippen LogP contribution in [0.25, 0.3) is 0 Å². The molecule has 1 unspecified atom stereocenters. The fourth-order valence-electron chi connectivity index (χ4n) is 2.47. The number of guanidine groups is 1. The Kier molecular flexibility index (Phi) is 5.58. The SMILES string of the molecule is CCN=C(NS(=O)(=O)N1CCCCC1)N1CC(CC)C=N1. The van der Waals surface area contributed by atoms with Gasteiger partial charge in [0.05, 0.1) is 6.54 Å². The zero-order valence-corrected chi connectivity index (χ0v) is 13.6. The van der Waals surface area contributed by atoms with Gasteiger partial charge in [-0.15, -0.1) is 0 Å². The number of rotatable bonds is 4. The summed E-state index contributed by atoms with van der Waals surface area (Å²) >= 11 is 0. The van der Waals surface area contributed by atoms with Crippen LogP contribution in [-0.4, -0.2) is 56.1 Å². The molecule has 0 bridgehead atoms. The van der Waals surface area contributed by atoms with Crippen LogP contribution in [0.2, 0.25) is 0 Å². The van der Waals surface area contributed by atoms with Crippen LogP contribution < -0.4 is 4.72 Å². The average Bonchev–Trinajstić information content (AvgIpc) is 2.96. The van der Waals surface area contributed by atoms with Gasteiger partial charge in [0.25, 0.3) is 0 Å². The van der Waals surface area contributed by atoms with Gasteiger partial charge in [0.15, 0.2) is 0 Å². The fraction of sp³-hybridized carbons (Fsp3) is 0.846. The van der Waals surface area contributed by atoms with Gasteiger partial charge < -0.3 is 0 Å². The van der Waals surface area contributed by atoms with Crippen LogP contribution in [0.15, 0.2) is 10.1 Å². The number of nitrogens with one attached hydrogen (secondary N) is 1. The first-order valence-electron chi connectivity index (χ1n) is 7.70. The van der Waals surface area contributed by atoms with E-state index in [9.17, 15) is 8.42 Å². The van der Waals surface area contributed by atoms with E-state index in [4.69, 9.17) is 0 Å². The third-order valence-electron chi connectivity index (χ3n) is 3.78. The highest BCUT2D eigenvalue weighted by Gasteiger charge is 2.28. The van der Waals surface area contributed by atoms with Crippen molar-refractivity contribution in [2.45, 2.75) is 39.5 Å². The summed E-state index contributed by atoms with van der Waals surface area (Å²) in [5.41, 5.74) is 0. The van der Waals surface area contributed by atoms with Crippen molar-refractivity contribution >= 4 is 22.4 Å². The van der Waals surface area contributed by atoms with Crippen molar-refractivity contribution in [2.75, 3.05) is 26.2 Å². The predicted molar refractivity (Wildman–Crippen MR) is 84.4 cm³/mol. The van der Waals surface area contributed by atoms with E-state index in [1.165, 1.54) is 4.31 Å². The van der Waals surface area contributed by atoms with Crippen LogP contribution in [0, 0.1) is 5.92 Å². The largest absolute Gasteiger partial charge is 0.303 e. The molecule has 0 radical (unpaired) electrons. The number of piperidine rings is 1. The molecule has 120 valence electrons. The van der Waals surface area contributed by atoms with Crippen LogP contribution in [0.5, 0.6) is 0 Å². The highest BCUT2D eigenvalue weighted by molar-refractivity contribution is 7.87. The lowest BCUT2D eigenvalue weighted by Gasteiger charge is -2.28. The van der Waals surface area contributed by atoms with Crippen molar-refractivity contribution in [3.63, 3.8) is 0 Å². The van der Waals surface area contributed by atoms with E-state index < -0.39 is 10.2 Å². The zero-order valence-electron chi connectivity index (χ0n) is 12.8. The molecule has 0 aliphatic carbocycles. The summed E-state index contributed by atoms with van der Waals surface area (Å²) in [6, 6.07) is 0. The molecule has 2 heterocycles. The molecule has 1 atom stereocenters. The zero-order chi connectivity index (χ0) is 15.3. The van der Waals surface area contributed by atoms with Gasteiger partial charge in [-0.1, -0.05) is 13.3 Å². The van der Waals surface area contributed by atoms with Gasteiger partial charge in [-0.2, -0.15) is 17.8 Å². The minimum Gasteiger partial charge on any atom is -0.251 e. The Bertz CT molecular complexity index is 497. The summed E-state index contributed by atoms with van der Waals surface area (Å²) in [4.78, 5) is 4.27. The Morgan fingerprint density at radius 3 is 2.62 bits per heavy atom. The molecular formula is C13H25N5O2S. The molecule has 0 aromatic heterocycles.